The minimum Gasteiger partial charge on any atom is -0.754 e. The Labute approximate surface area is 298 Å². The SMILES string of the molecule is COc1c(C(C)(C)C)cc(C2=CC=C(CO)C(=C3C(CO)=CC=C(c4cc(C(C)(C)C)c(OC)c(C(C)(C)C)c4)[N+]3=O)N2[O-])cc1C(C)(C)C. The highest BCUT2D eigenvalue weighted by atomic mass is 16.5. The molecule has 50 heavy (non-hydrogen) atoms. The van der Waals surface area contributed by atoms with Crippen molar-refractivity contribution in [2.75, 3.05) is 27.4 Å². The zero-order valence-corrected chi connectivity index (χ0v) is 32.5. The van der Waals surface area contributed by atoms with Gasteiger partial charge in [-0.1, -0.05) is 89.2 Å². The Morgan fingerprint density at radius 2 is 1.00 bits per heavy atom. The molecule has 0 atom stereocenters. The Kier molecular flexibility index (Phi) is 10.6. The number of ether oxygens (including phenoxy) is 2. The van der Waals surface area contributed by atoms with Gasteiger partial charge in [0, 0.05) is 44.5 Å². The van der Waals surface area contributed by atoms with Gasteiger partial charge in [0.25, 0.3) is 11.4 Å². The van der Waals surface area contributed by atoms with Crippen LogP contribution in [0.5, 0.6) is 11.5 Å². The number of benzene rings is 2. The molecule has 0 aromatic heterocycles. The monoisotopic (exact) mass is 684 g/mol. The van der Waals surface area contributed by atoms with Crippen LogP contribution < -0.4 is 9.47 Å². The second-order valence-corrected chi connectivity index (χ2v) is 17.3. The van der Waals surface area contributed by atoms with E-state index in [1.165, 1.54) is 0 Å². The molecule has 0 unspecified atom stereocenters. The summed E-state index contributed by atoms with van der Waals surface area (Å²) in [5.41, 5.74) is 4.94. The first kappa shape index (κ1) is 38.8. The minimum atomic E-state index is -0.485. The molecule has 0 amide bonds. The zero-order chi connectivity index (χ0) is 37.7. The van der Waals surface area contributed by atoms with Gasteiger partial charge < -0.3 is 30.0 Å². The molecule has 8 nitrogen and oxygen atoms in total. The molecule has 270 valence electrons. The molecule has 0 bridgehead atoms. The van der Waals surface area contributed by atoms with Gasteiger partial charge in [-0.2, -0.15) is 0 Å². The molecule has 2 aliphatic rings. The van der Waals surface area contributed by atoms with Gasteiger partial charge >= 0.3 is 0 Å². The predicted molar refractivity (Wildman–Crippen MR) is 203 cm³/mol. The van der Waals surface area contributed by atoms with Crippen LogP contribution in [0.2, 0.25) is 0 Å². The molecule has 0 saturated heterocycles. The van der Waals surface area contributed by atoms with Gasteiger partial charge in [0.1, 0.15) is 17.2 Å². The minimum absolute atomic E-state index is 0.0167. The molecule has 2 N–H and O–H groups in total. The van der Waals surface area contributed by atoms with Crippen LogP contribution in [0.4, 0.5) is 0 Å². The first-order valence-electron chi connectivity index (χ1n) is 17.2. The Morgan fingerprint density at radius 1 is 0.620 bits per heavy atom. The van der Waals surface area contributed by atoms with E-state index in [0.717, 1.165) is 33.8 Å². The molecule has 0 saturated carbocycles. The molecule has 0 fully saturated rings. The Morgan fingerprint density at radius 3 is 1.36 bits per heavy atom. The summed E-state index contributed by atoms with van der Waals surface area (Å²) in [6.07, 6.45) is 6.70. The average Bonchev–Trinajstić information content (AvgIpc) is 3.01. The summed E-state index contributed by atoms with van der Waals surface area (Å²) in [7, 11) is 3.32. The lowest BCUT2D eigenvalue weighted by molar-refractivity contribution is -0.397. The number of aliphatic hydroxyl groups excluding tert-OH is 2. The molecular formula is C42H56N2O6. The third-order valence-corrected chi connectivity index (χ3v) is 9.31. The number of aliphatic hydroxyl groups is 2. The lowest BCUT2D eigenvalue weighted by Crippen LogP contribution is -2.28. The summed E-state index contributed by atoms with van der Waals surface area (Å²) in [6.45, 7) is 24.2. The number of nitroso groups, excluding NO2 is 1. The lowest BCUT2D eigenvalue weighted by atomic mass is 9.77. The topological polar surface area (TPSA) is 105 Å². The maximum absolute atomic E-state index is 14.7. The number of hydrogen-bond acceptors (Lipinski definition) is 7. The Bertz CT molecular complexity index is 1770. The van der Waals surface area contributed by atoms with Crippen molar-refractivity contribution in [2.24, 2.45) is 0 Å². The maximum Gasteiger partial charge on any atom is 0.292 e. The molecule has 4 rings (SSSR count). The first-order valence-corrected chi connectivity index (χ1v) is 17.2. The van der Waals surface area contributed by atoms with Crippen molar-refractivity contribution in [1.29, 1.82) is 0 Å². The van der Waals surface area contributed by atoms with E-state index in [1.54, 1.807) is 38.5 Å². The van der Waals surface area contributed by atoms with E-state index < -0.39 is 13.2 Å². The van der Waals surface area contributed by atoms with Crippen LogP contribution in [0.3, 0.4) is 0 Å². The molecule has 0 aliphatic carbocycles. The van der Waals surface area contributed by atoms with Crippen LogP contribution in [-0.4, -0.2) is 47.5 Å². The summed E-state index contributed by atoms with van der Waals surface area (Å²) in [5, 5.41) is 36.4. The number of rotatable bonds is 6. The molecule has 0 spiro atoms. The second-order valence-electron chi connectivity index (χ2n) is 17.3. The number of hydroxylamine groups is 2. The van der Waals surface area contributed by atoms with Crippen molar-refractivity contribution in [1.82, 2.24) is 5.06 Å². The zero-order valence-electron chi connectivity index (χ0n) is 32.5. The van der Waals surface area contributed by atoms with E-state index in [0.29, 0.717) is 32.3 Å². The number of nitrogens with zero attached hydrogens (tertiary/aromatic N) is 2. The highest BCUT2D eigenvalue weighted by Crippen LogP contribution is 2.46. The van der Waals surface area contributed by atoms with Crippen LogP contribution in [0.15, 0.2) is 71.1 Å². The van der Waals surface area contributed by atoms with E-state index in [9.17, 15) is 20.3 Å². The maximum atomic E-state index is 14.7. The highest BCUT2D eigenvalue weighted by Gasteiger charge is 2.40. The van der Waals surface area contributed by atoms with E-state index in [2.05, 4.69) is 83.1 Å². The van der Waals surface area contributed by atoms with Crippen LogP contribution in [0.1, 0.15) is 116 Å². The summed E-state index contributed by atoms with van der Waals surface area (Å²) in [4.78, 5) is 14.7. The predicted octanol–water partition coefficient (Wildman–Crippen LogP) is 8.93. The van der Waals surface area contributed by atoms with E-state index in [4.69, 9.17) is 9.47 Å². The van der Waals surface area contributed by atoms with Gasteiger partial charge in [0.15, 0.2) is 0 Å². The fourth-order valence-electron chi connectivity index (χ4n) is 6.55. The summed E-state index contributed by atoms with van der Waals surface area (Å²) in [6, 6.07) is 7.87. The first-order chi connectivity index (χ1) is 23.0. The van der Waals surface area contributed by atoms with Gasteiger partial charge in [-0.25, -0.2) is 0 Å². The van der Waals surface area contributed by atoms with Crippen LogP contribution in [-0.2, 0) is 21.7 Å². The van der Waals surface area contributed by atoms with Gasteiger partial charge in [0.2, 0.25) is 0 Å². The number of allylic oxidation sites excluding steroid dienone is 4. The van der Waals surface area contributed by atoms with Crippen molar-refractivity contribution in [2.45, 2.75) is 105 Å². The summed E-state index contributed by atoms with van der Waals surface area (Å²) < 4.78 is 12.6. The smallest absolute Gasteiger partial charge is 0.292 e. The van der Waals surface area contributed by atoms with E-state index in [1.807, 2.05) is 24.3 Å². The molecule has 8 heteroatoms. The highest BCUT2D eigenvalue weighted by molar-refractivity contribution is 5.76. The number of methoxy groups -OCH3 is 2. The fourth-order valence-corrected chi connectivity index (χ4v) is 6.55. The molecule has 2 heterocycles. The molecular weight excluding hydrogens is 628 g/mol. The van der Waals surface area contributed by atoms with Gasteiger partial charge in [-0.15, -0.1) is 0 Å². The largest absolute Gasteiger partial charge is 0.754 e. The average molecular weight is 685 g/mol. The quantitative estimate of drug-likeness (QED) is 0.293. The van der Waals surface area contributed by atoms with Gasteiger partial charge in [-0.05, 0) is 63.6 Å². The Balaban J connectivity index is 2.00. The normalized spacial score (nSPS) is 17.7. The van der Waals surface area contributed by atoms with E-state index in [-0.39, 0.29) is 44.2 Å². The summed E-state index contributed by atoms with van der Waals surface area (Å²) in [5.74, 6) is 1.55. The van der Waals surface area contributed by atoms with Crippen LogP contribution >= 0.6 is 0 Å². The Hall–Kier alpha value is -3.98. The third kappa shape index (κ3) is 7.25. The van der Waals surface area contributed by atoms with Crippen molar-refractivity contribution in [3.63, 3.8) is 0 Å². The number of hydrogen-bond donors (Lipinski definition) is 2. The molecule has 2 aromatic carbocycles. The van der Waals surface area contributed by atoms with Gasteiger partial charge in [0.05, 0.1) is 43.3 Å². The van der Waals surface area contributed by atoms with Gasteiger partial charge in [-0.3, -0.25) is 0 Å². The van der Waals surface area contributed by atoms with Crippen LogP contribution in [0, 0.1) is 10.1 Å². The van der Waals surface area contributed by atoms with Crippen molar-refractivity contribution >= 4 is 11.4 Å². The van der Waals surface area contributed by atoms with Crippen molar-refractivity contribution in [3.8, 4) is 11.5 Å². The van der Waals surface area contributed by atoms with E-state index >= 15 is 0 Å². The molecule has 0 radical (unpaired) electrons. The second kappa shape index (κ2) is 13.6. The standard InChI is InChI=1S/C42H56N2O6/c1-39(2,3)29-19-27(20-30(37(29)49-13)40(4,5)6)33-17-15-25(23-45)35(43(33)47)36-26(24-46)16-18-34(44(36)48)28-21-31(41(7,8)9)38(50-14)32(22-28)42(10,11)12/h15-22,45-46H,23-24H2,1-14H3. The molecule has 2 aromatic rings. The molecule has 2 aliphatic heterocycles. The van der Waals surface area contributed by atoms with Crippen molar-refractivity contribution in [3.05, 3.63) is 115 Å². The van der Waals surface area contributed by atoms with Crippen LogP contribution in [0.25, 0.3) is 11.4 Å². The fraction of sp³-hybridized carbons (Fsp3) is 0.476. The van der Waals surface area contributed by atoms with Crippen molar-refractivity contribution < 1.29 is 24.4 Å². The lowest BCUT2D eigenvalue weighted by Gasteiger charge is -2.39. The third-order valence-electron chi connectivity index (χ3n) is 9.31. The summed E-state index contributed by atoms with van der Waals surface area (Å²) >= 11 is 0.